The summed E-state index contributed by atoms with van der Waals surface area (Å²) in [6.45, 7) is 2.92. The smallest absolute Gasteiger partial charge is 0.0991 e. The lowest BCUT2D eigenvalue weighted by molar-refractivity contribution is 0.218. The number of methoxy groups -OCH3 is 1. The first-order chi connectivity index (χ1) is 7.27. The summed E-state index contributed by atoms with van der Waals surface area (Å²) in [5, 5.41) is 9.19. The summed E-state index contributed by atoms with van der Waals surface area (Å²) >= 11 is 1.84. The minimum absolute atomic E-state index is 0.411. The fourth-order valence-corrected chi connectivity index (χ4v) is 2.22. The van der Waals surface area contributed by atoms with Crippen LogP contribution in [-0.2, 0) is 4.74 Å². The molecule has 0 spiro atoms. The van der Waals surface area contributed by atoms with E-state index in [2.05, 4.69) is 19.1 Å². The molecular weight excluding hydrogens is 206 g/mol. The SMILES string of the molecule is COCCSC(C)c1cccc(C#N)c1. The second-order valence-electron chi connectivity index (χ2n) is 3.24. The standard InChI is InChI=1S/C12H15NOS/c1-10(15-7-6-14-2)12-5-3-4-11(8-12)9-13/h3-5,8,10H,6-7H2,1-2H3. The molecule has 1 unspecified atom stereocenters. The molecule has 0 saturated heterocycles. The van der Waals surface area contributed by atoms with E-state index < -0.39 is 0 Å². The van der Waals surface area contributed by atoms with Crippen molar-refractivity contribution in [1.82, 2.24) is 0 Å². The van der Waals surface area contributed by atoms with Crippen LogP contribution in [0.15, 0.2) is 24.3 Å². The van der Waals surface area contributed by atoms with Crippen LogP contribution in [0.4, 0.5) is 0 Å². The number of benzene rings is 1. The molecule has 1 atom stereocenters. The largest absolute Gasteiger partial charge is 0.384 e. The molecule has 0 heterocycles. The number of hydrogen-bond donors (Lipinski definition) is 0. The van der Waals surface area contributed by atoms with Crippen molar-refractivity contribution in [2.24, 2.45) is 0 Å². The maximum atomic E-state index is 8.78. The minimum Gasteiger partial charge on any atom is -0.384 e. The van der Waals surface area contributed by atoms with Gasteiger partial charge in [0.2, 0.25) is 0 Å². The lowest BCUT2D eigenvalue weighted by Gasteiger charge is -2.11. The van der Waals surface area contributed by atoms with Crippen LogP contribution < -0.4 is 0 Å². The van der Waals surface area contributed by atoms with Gasteiger partial charge in [-0.25, -0.2) is 0 Å². The number of hydrogen-bond acceptors (Lipinski definition) is 3. The average Bonchev–Trinajstić information content (AvgIpc) is 2.29. The van der Waals surface area contributed by atoms with Gasteiger partial charge in [-0.15, -0.1) is 0 Å². The summed E-state index contributed by atoms with van der Waals surface area (Å²) in [6.07, 6.45) is 0. The van der Waals surface area contributed by atoms with E-state index in [9.17, 15) is 0 Å². The lowest BCUT2D eigenvalue weighted by Crippen LogP contribution is -1.96. The first-order valence-corrected chi connectivity index (χ1v) is 5.93. The number of nitrogens with zero attached hydrogens (tertiary/aromatic N) is 1. The fourth-order valence-electron chi connectivity index (χ4n) is 1.27. The van der Waals surface area contributed by atoms with Crippen LogP contribution in [0.25, 0.3) is 0 Å². The highest BCUT2D eigenvalue weighted by Gasteiger charge is 2.05. The maximum Gasteiger partial charge on any atom is 0.0991 e. The van der Waals surface area contributed by atoms with E-state index in [1.165, 1.54) is 5.56 Å². The van der Waals surface area contributed by atoms with Gasteiger partial charge in [0.1, 0.15) is 0 Å². The normalized spacial score (nSPS) is 12.1. The Kier molecular flexibility index (Phi) is 5.23. The van der Waals surface area contributed by atoms with E-state index in [0.717, 1.165) is 17.9 Å². The van der Waals surface area contributed by atoms with Crippen LogP contribution >= 0.6 is 11.8 Å². The van der Waals surface area contributed by atoms with Crippen LogP contribution in [0.5, 0.6) is 0 Å². The summed E-state index contributed by atoms with van der Waals surface area (Å²) in [7, 11) is 1.71. The van der Waals surface area contributed by atoms with Gasteiger partial charge in [0.25, 0.3) is 0 Å². The summed E-state index contributed by atoms with van der Waals surface area (Å²) in [4.78, 5) is 0. The van der Waals surface area contributed by atoms with Gasteiger partial charge in [-0.1, -0.05) is 12.1 Å². The van der Waals surface area contributed by atoms with E-state index in [4.69, 9.17) is 10.00 Å². The highest BCUT2D eigenvalue weighted by molar-refractivity contribution is 7.99. The van der Waals surface area contributed by atoms with Gasteiger partial charge < -0.3 is 4.74 Å². The number of rotatable bonds is 5. The van der Waals surface area contributed by atoms with Crippen LogP contribution in [0.2, 0.25) is 0 Å². The van der Waals surface area contributed by atoms with E-state index in [-0.39, 0.29) is 0 Å². The third kappa shape index (κ3) is 3.94. The molecule has 0 fully saturated rings. The first-order valence-electron chi connectivity index (χ1n) is 4.88. The molecule has 0 radical (unpaired) electrons. The Labute approximate surface area is 95.3 Å². The third-order valence-corrected chi connectivity index (χ3v) is 3.31. The molecule has 0 N–H and O–H groups in total. The molecule has 80 valence electrons. The molecule has 1 rings (SSSR count). The van der Waals surface area contributed by atoms with E-state index in [1.807, 2.05) is 30.0 Å². The molecule has 0 amide bonds. The lowest BCUT2D eigenvalue weighted by atomic mass is 10.1. The van der Waals surface area contributed by atoms with Crippen molar-refractivity contribution in [3.63, 3.8) is 0 Å². The Morgan fingerprint density at radius 3 is 3.00 bits per heavy atom. The quantitative estimate of drug-likeness (QED) is 0.717. The van der Waals surface area contributed by atoms with E-state index >= 15 is 0 Å². The predicted molar refractivity (Wildman–Crippen MR) is 63.9 cm³/mol. The summed E-state index contributed by atoms with van der Waals surface area (Å²) in [6, 6.07) is 9.93. The van der Waals surface area contributed by atoms with Crippen LogP contribution in [0, 0.1) is 11.3 Å². The molecule has 0 aliphatic carbocycles. The fraction of sp³-hybridized carbons (Fsp3) is 0.417. The van der Waals surface area contributed by atoms with Gasteiger partial charge in [0, 0.05) is 18.1 Å². The highest BCUT2D eigenvalue weighted by Crippen LogP contribution is 2.28. The third-order valence-electron chi connectivity index (χ3n) is 2.14. The van der Waals surface area contributed by atoms with Crippen LogP contribution in [0.1, 0.15) is 23.3 Å². The second kappa shape index (κ2) is 6.49. The number of thioether (sulfide) groups is 1. The monoisotopic (exact) mass is 221 g/mol. The molecule has 0 aliphatic rings. The zero-order chi connectivity index (χ0) is 11.1. The molecule has 0 bridgehead atoms. The highest BCUT2D eigenvalue weighted by atomic mass is 32.2. The van der Waals surface area contributed by atoms with Gasteiger partial charge in [0.05, 0.1) is 18.2 Å². The number of ether oxygens (including phenoxy) is 1. The van der Waals surface area contributed by atoms with Crippen molar-refractivity contribution in [3.8, 4) is 6.07 Å². The second-order valence-corrected chi connectivity index (χ2v) is 4.69. The minimum atomic E-state index is 0.411. The molecule has 15 heavy (non-hydrogen) atoms. The van der Waals surface area contributed by atoms with Crippen molar-refractivity contribution in [2.45, 2.75) is 12.2 Å². The van der Waals surface area contributed by atoms with Gasteiger partial charge in [-0.3, -0.25) is 0 Å². The van der Waals surface area contributed by atoms with Crippen LogP contribution in [0.3, 0.4) is 0 Å². The average molecular weight is 221 g/mol. The van der Waals surface area contributed by atoms with Crippen molar-refractivity contribution >= 4 is 11.8 Å². The molecule has 0 aromatic heterocycles. The summed E-state index contributed by atoms with van der Waals surface area (Å²) in [5.74, 6) is 0.981. The Balaban J connectivity index is 2.57. The molecule has 3 heteroatoms. The molecule has 2 nitrogen and oxygen atoms in total. The maximum absolute atomic E-state index is 8.78. The van der Waals surface area contributed by atoms with Crippen molar-refractivity contribution in [1.29, 1.82) is 5.26 Å². The van der Waals surface area contributed by atoms with Gasteiger partial charge in [-0.05, 0) is 24.6 Å². The van der Waals surface area contributed by atoms with Crippen LogP contribution in [-0.4, -0.2) is 19.5 Å². The van der Waals surface area contributed by atoms with Gasteiger partial charge >= 0.3 is 0 Å². The predicted octanol–water partition coefficient (Wildman–Crippen LogP) is 3.00. The van der Waals surface area contributed by atoms with Gasteiger partial charge in [-0.2, -0.15) is 17.0 Å². The molecule has 0 aliphatic heterocycles. The molecule has 0 saturated carbocycles. The topological polar surface area (TPSA) is 33.0 Å². The Hall–Kier alpha value is -0.980. The first kappa shape index (κ1) is 12.1. The summed E-state index contributed by atoms with van der Waals surface area (Å²) in [5.41, 5.74) is 1.93. The van der Waals surface area contributed by atoms with E-state index in [1.54, 1.807) is 7.11 Å². The Bertz CT molecular complexity index is 346. The van der Waals surface area contributed by atoms with Crippen molar-refractivity contribution in [3.05, 3.63) is 35.4 Å². The van der Waals surface area contributed by atoms with Crippen molar-refractivity contribution < 1.29 is 4.74 Å². The van der Waals surface area contributed by atoms with E-state index in [0.29, 0.717) is 5.25 Å². The zero-order valence-electron chi connectivity index (χ0n) is 9.06. The molecular formula is C12H15NOS. The molecule has 1 aromatic rings. The summed E-state index contributed by atoms with van der Waals surface area (Å²) < 4.78 is 5.00. The Morgan fingerprint density at radius 1 is 1.53 bits per heavy atom. The Morgan fingerprint density at radius 2 is 2.33 bits per heavy atom. The zero-order valence-corrected chi connectivity index (χ0v) is 9.88. The molecule has 1 aromatic carbocycles. The van der Waals surface area contributed by atoms with Crippen molar-refractivity contribution in [2.75, 3.05) is 19.5 Å². The number of nitriles is 1. The van der Waals surface area contributed by atoms with Gasteiger partial charge in [0.15, 0.2) is 0 Å².